The lowest BCUT2D eigenvalue weighted by molar-refractivity contribution is 0.584. The van der Waals surface area contributed by atoms with Crippen LogP contribution in [0.5, 0.6) is 0 Å². The van der Waals surface area contributed by atoms with Gasteiger partial charge in [0.25, 0.3) is 0 Å². The van der Waals surface area contributed by atoms with Gasteiger partial charge in [0.2, 0.25) is 11.0 Å². The van der Waals surface area contributed by atoms with Gasteiger partial charge in [0.1, 0.15) is 17.0 Å². The summed E-state index contributed by atoms with van der Waals surface area (Å²) < 4.78 is 17.5. The average molecular weight is 454 g/mol. The number of hydrogen-bond donors (Lipinski definition) is 2. The minimum atomic E-state index is -1.40. The zero-order valence-corrected chi connectivity index (χ0v) is 18.5. The van der Waals surface area contributed by atoms with Gasteiger partial charge in [0, 0.05) is 38.2 Å². The van der Waals surface area contributed by atoms with Crippen molar-refractivity contribution in [2.75, 3.05) is 18.0 Å². The van der Waals surface area contributed by atoms with Gasteiger partial charge < -0.3 is 9.45 Å². The summed E-state index contributed by atoms with van der Waals surface area (Å²) >= 11 is 0.296. The van der Waals surface area contributed by atoms with Crippen LogP contribution in [0.25, 0.3) is 0 Å². The standard InChI is InChI=1S/C21H23N7OS2/c29-31-26-20(21(27-31)25-14-17-5-10-22-11-6-17)24-9-3-12-28(15-18-7-13-30-16-18)19-4-1-2-8-23-19/h1-2,4-8,10-11,13,16H,3,9,12,14-15H2,(H,24,26)(H,25,27). The van der Waals surface area contributed by atoms with E-state index < -0.39 is 11.1 Å². The molecule has 0 aliphatic heterocycles. The Labute approximate surface area is 186 Å². The van der Waals surface area contributed by atoms with Gasteiger partial charge in [-0.25, -0.2) is 4.98 Å². The van der Waals surface area contributed by atoms with Gasteiger partial charge in [-0.1, -0.05) is 6.07 Å². The van der Waals surface area contributed by atoms with E-state index >= 15 is 0 Å². The minimum Gasteiger partial charge on any atom is -0.549 e. The van der Waals surface area contributed by atoms with E-state index in [1.807, 2.05) is 36.5 Å². The van der Waals surface area contributed by atoms with Crippen molar-refractivity contribution >= 4 is 28.3 Å². The largest absolute Gasteiger partial charge is 0.549 e. The number of H-pyrrole nitrogens is 2. The number of pyridine rings is 2. The Morgan fingerprint density at radius 3 is 2.58 bits per heavy atom. The van der Waals surface area contributed by atoms with Crippen LogP contribution in [0.2, 0.25) is 0 Å². The number of nitrogens with zero attached hydrogens (tertiary/aromatic N) is 5. The van der Waals surface area contributed by atoms with Crippen molar-refractivity contribution in [2.24, 2.45) is 9.98 Å². The number of aromatic nitrogens is 4. The van der Waals surface area contributed by atoms with Crippen molar-refractivity contribution in [3.63, 3.8) is 0 Å². The Morgan fingerprint density at radius 2 is 1.84 bits per heavy atom. The van der Waals surface area contributed by atoms with Crippen LogP contribution in [0.4, 0.5) is 5.82 Å². The third-order valence-corrected chi connectivity index (χ3v) is 6.04. The maximum absolute atomic E-state index is 11.9. The lowest BCUT2D eigenvalue weighted by Gasteiger charge is -2.22. The zero-order chi connectivity index (χ0) is 21.3. The Hall–Kier alpha value is -3.08. The van der Waals surface area contributed by atoms with E-state index in [9.17, 15) is 4.55 Å². The Kier molecular flexibility index (Phi) is 7.37. The fourth-order valence-corrected chi connectivity index (χ4v) is 4.43. The molecule has 4 aromatic heterocycles. The third kappa shape index (κ3) is 6.20. The quantitative estimate of drug-likeness (QED) is 0.300. The summed E-state index contributed by atoms with van der Waals surface area (Å²) in [5.41, 5.74) is 3.36. The van der Waals surface area contributed by atoms with Crippen molar-refractivity contribution in [1.82, 2.24) is 18.7 Å². The summed E-state index contributed by atoms with van der Waals surface area (Å²) in [6, 6.07) is 11.9. The minimum absolute atomic E-state index is 0.469. The molecule has 0 saturated heterocycles. The van der Waals surface area contributed by atoms with Gasteiger partial charge in [-0.05, 0) is 58.6 Å². The molecule has 4 heterocycles. The molecule has 0 aliphatic rings. The SMILES string of the molecule is [O-][s+]1[nH]c(=NCCCN(Cc2ccsc2)c2ccccn2)c(=NCc2ccncc2)[nH]1. The molecule has 4 rings (SSSR count). The number of anilines is 1. The molecule has 8 nitrogen and oxygen atoms in total. The van der Waals surface area contributed by atoms with Crippen LogP contribution in [-0.4, -0.2) is 36.4 Å². The molecule has 0 radical (unpaired) electrons. The zero-order valence-electron chi connectivity index (χ0n) is 16.8. The van der Waals surface area contributed by atoms with E-state index in [0.717, 1.165) is 30.9 Å². The first-order valence-electron chi connectivity index (χ1n) is 9.88. The van der Waals surface area contributed by atoms with Crippen LogP contribution < -0.4 is 15.9 Å². The highest BCUT2D eigenvalue weighted by Crippen LogP contribution is 2.16. The molecule has 0 spiro atoms. The summed E-state index contributed by atoms with van der Waals surface area (Å²) in [6.07, 6.45) is 6.10. The Balaban J connectivity index is 1.42. The van der Waals surface area contributed by atoms with Gasteiger partial charge >= 0.3 is 0 Å². The number of aromatic amines is 2. The van der Waals surface area contributed by atoms with Crippen LogP contribution in [0.3, 0.4) is 0 Å². The van der Waals surface area contributed by atoms with Gasteiger partial charge in [0.05, 0.1) is 6.54 Å². The summed E-state index contributed by atoms with van der Waals surface area (Å²) in [5, 5.41) is 4.24. The topological polar surface area (TPSA) is 108 Å². The van der Waals surface area contributed by atoms with Crippen molar-refractivity contribution in [3.05, 3.63) is 87.9 Å². The van der Waals surface area contributed by atoms with Crippen LogP contribution in [0.1, 0.15) is 17.5 Å². The van der Waals surface area contributed by atoms with Crippen molar-refractivity contribution in [1.29, 1.82) is 0 Å². The maximum atomic E-state index is 11.9. The molecule has 31 heavy (non-hydrogen) atoms. The van der Waals surface area contributed by atoms with Crippen LogP contribution >= 0.6 is 22.5 Å². The van der Waals surface area contributed by atoms with Crippen LogP contribution in [0.15, 0.2) is 75.7 Å². The van der Waals surface area contributed by atoms with Crippen LogP contribution in [-0.2, 0) is 13.1 Å². The highest BCUT2D eigenvalue weighted by Gasteiger charge is 2.08. The second-order valence-corrected chi connectivity index (χ2v) is 8.54. The highest BCUT2D eigenvalue weighted by molar-refractivity contribution is 7.13. The molecule has 10 heteroatoms. The summed E-state index contributed by atoms with van der Waals surface area (Å²) in [5.74, 6) is 0.947. The molecule has 4 aromatic rings. The molecule has 0 bridgehead atoms. The number of hydrogen-bond acceptors (Lipinski definition) is 7. The normalized spacial score (nSPS) is 13.0. The lowest BCUT2D eigenvalue weighted by Crippen LogP contribution is -2.27. The van der Waals surface area contributed by atoms with E-state index in [1.54, 1.807) is 23.7 Å². The number of rotatable bonds is 9. The highest BCUT2D eigenvalue weighted by atomic mass is 32.2. The third-order valence-electron chi connectivity index (χ3n) is 4.56. The van der Waals surface area contributed by atoms with Gasteiger partial charge in [-0.15, -0.1) is 0 Å². The van der Waals surface area contributed by atoms with Crippen LogP contribution in [0, 0.1) is 0 Å². The first-order valence-corrected chi connectivity index (χ1v) is 12.0. The van der Waals surface area contributed by atoms with E-state index in [0.29, 0.717) is 24.1 Å². The van der Waals surface area contributed by atoms with Crippen molar-refractivity contribution < 1.29 is 4.55 Å². The first-order chi connectivity index (χ1) is 15.3. The maximum Gasteiger partial charge on any atom is 0.219 e. The molecule has 160 valence electrons. The fraction of sp³-hybridized carbons (Fsp3) is 0.238. The predicted molar refractivity (Wildman–Crippen MR) is 122 cm³/mol. The Morgan fingerprint density at radius 1 is 1.00 bits per heavy atom. The summed E-state index contributed by atoms with van der Waals surface area (Å²) in [4.78, 5) is 19.9. The first kappa shape index (κ1) is 21.2. The molecule has 0 amide bonds. The monoisotopic (exact) mass is 453 g/mol. The van der Waals surface area contributed by atoms with Gasteiger partial charge in [-0.2, -0.15) is 20.1 Å². The number of nitrogens with one attached hydrogen (secondary N) is 2. The molecule has 1 unspecified atom stereocenters. The molecular weight excluding hydrogens is 430 g/mol. The second-order valence-electron chi connectivity index (χ2n) is 6.82. The Bertz CT molecular complexity index is 1180. The molecule has 0 aliphatic carbocycles. The van der Waals surface area contributed by atoms with Crippen molar-refractivity contribution in [2.45, 2.75) is 19.5 Å². The second kappa shape index (κ2) is 10.8. The lowest BCUT2D eigenvalue weighted by atomic mass is 10.2. The molecule has 2 N–H and O–H groups in total. The van der Waals surface area contributed by atoms with E-state index in [1.165, 1.54) is 5.56 Å². The van der Waals surface area contributed by atoms with E-state index in [2.05, 4.69) is 50.4 Å². The predicted octanol–water partition coefficient (Wildman–Crippen LogP) is 3.02. The van der Waals surface area contributed by atoms with Gasteiger partial charge in [-0.3, -0.25) is 15.0 Å². The molecule has 1 atom stereocenters. The van der Waals surface area contributed by atoms with Gasteiger partial charge in [0.15, 0.2) is 0 Å². The fourth-order valence-electron chi connectivity index (χ4n) is 3.04. The smallest absolute Gasteiger partial charge is 0.219 e. The molecule has 0 fully saturated rings. The van der Waals surface area contributed by atoms with E-state index in [-0.39, 0.29) is 0 Å². The summed E-state index contributed by atoms with van der Waals surface area (Å²) in [7, 11) is 0. The summed E-state index contributed by atoms with van der Waals surface area (Å²) in [6.45, 7) is 2.67. The van der Waals surface area contributed by atoms with E-state index in [4.69, 9.17) is 0 Å². The molecular formula is C21H23N7OS2. The molecule has 0 aromatic carbocycles. The van der Waals surface area contributed by atoms with Crippen molar-refractivity contribution in [3.8, 4) is 0 Å². The number of thiophene rings is 1. The molecule has 0 saturated carbocycles. The average Bonchev–Trinajstić information content (AvgIpc) is 3.45.